The molecule has 1 fully saturated rings. The van der Waals surface area contributed by atoms with Crippen LogP contribution in [0.5, 0.6) is 0 Å². The lowest BCUT2D eigenvalue weighted by Crippen LogP contribution is -2.48. The van der Waals surface area contributed by atoms with Gasteiger partial charge < -0.3 is 21.3 Å². The number of primary amides is 1. The van der Waals surface area contributed by atoms with Crippen molar-refractivity contribution in [3.63, 3.8) is 0 Å². The molecule has 0 bridgehead atoms. The van der Waals surface area contributed by atoms with Crippen LogP contribution in [0.3, 0.4) is 0 Å². The molecule has 6 nitrogen and oxygen atoms in total. The predicted octanol–water partition coefficient (Wildman–Crippen LogP) is 1.73. The summed E-state index contributed by atoms with van der Waals surface area (Å²) in [7, 11) is 1.92. The molecule has 24 heavy (non-hydrogen) atoms. The summed E-state index contributed by atoms with van der Waals surface area (Å²) in [6.07, 6.45) is 2.31. The Bertz CT molecular complexity index is 567. The molecule has 1 aromatic carbocycles. The highest BCUT2D eigenvalue weighted by Crippen LogP contribution is 2.20. The number of carbonyl (C=O) groups is 2. The molecule has 0 radical (unpaired) electrons. The maximum Gasteiger partial charge on any atom is 0.312 e. The zero-order chi connectivity index (χ0) is 16.8. The van der Waals surface area contributed by atoms with Crippen molar-refractivity contribution in [2.45, 2.75) is 38.3 Å². The fourth-order valence-corrected chi connectivity index (χ4v) is 3.05. The highest BCUT2D eigenvalue weighted by atomic mass is 35.5. The summed E-state index contributed by atoms with van der Waals surface area (Å²) in [6.45, 7) is 3.47. The molecule has 2 unspecified atom stereocenters. The van der Waals surface area contributed by atoms with Crippen molar-refractivity contribution in [2.75, 3.05) is 20.1 Å². The van der Waals surface area contributed by atoms with E-state index in [1.807, 2.05) is 43.1 Å². The van der Waals surface area contributed by atoms with Gasteiger partial charge in [0, 0.05) is 19.1 Å². The molecule has 0 spiro atoms. The lowest BCUT2D eigenvalue weighted by molar-refractivity contribution is -0.133. The molecule has 1 heterocycles. The molecular formula is C17H27ClN4O2. The lowest BCUT2D eigenvalue weighted by Gasteiger charge is -2.33. The van der Waals surface area contributed by atoms with Crippen molar-refractivity contribution < 1.29 is 9.59 Å². The summed E-state index contributed by atoms with van der Waals surface area (Å²) in [5.74, 6) is 0.0465. The standard InChI is InChI=1S/C17H26N4O2.ClH/c1-12-5-3-6-13(9-12)15(20-17(18)23)10-16(22)21-8-4-7-14(11-21)19-2;/h3,5-6,9,14-15,19H,4,7-8,10-11H2,1-2H3,(H3,18,20,23);1H. The molecule has 0 aliphatic carbocycles. The van der Waals surface area contributed by atoms with Gasteiger partial charge in [0.2, 0.25) is 5.91 Å². The number of nitrogens with two attached hydrogens (primary N) is 1. The minimum Gasteiger partial charge on any atom is -0.352 e. The third-order valence-corrected chi connectivity index (χ3v) is 4.32. The predicted molar refractivity (Wildman–Crippen MR) is 97.2 cm³/mol. The second kappa shape index (κ2) is 9.49. The van der Waals surface area contributed by atoms with Crippen molar-refractivity contribution in [1.82, 2.24) is 15.5 Å². The zero-order valence-electron chi connectivity index (χ0n) is 14.2. The van der Waals surface area contributed by atoms with Gasteiger partial charge in [-0.1, -0.05) is 29.8 Å². The summed E-state index contributed by atoms with van der Waals surface area (Å²) in [6, 6.07) is 7.12. The van der Waals surface area contributed by atoms with E-state index in [1.165, 1.54) is 0 Å². The Morgan fingerprint density at radius 1 is 1.42 bits per heavy atom. The number of hydrogen-bond donors (Lipinski definition) is 3. The summed E-state index contributed by atoms with van der Waals surface area (Å²) in [5, 5.41) is 5.92. The zero-order valence-corrected chi connectivity index (χ0v) is 15.1. The number of urea groups is 1. The number of benzene rings is 1. The molecule has 0 saturated carbocycles. The molecule has 2 rings (SSSR count). The second-order valence-corrected chi connectivity index (χ2v) is 6.15. The first kappa shape index (κ1) is 20.3. The van der Waals surface area contributed by atoms with E-state index >= 15 is 0 Å². The number of nitrogens with one attached hydrogen (secondary N) is 2. The van der Waals surface area contributed by atoms with Gasteiger partial charge in [0.05, 0.1) is 12.5 Å². The van der Waals surface area contributed by atoms with Gasteiger partial charge in [0.25, 0.3) is 0 Å². The van der Waals surface area contributed by atoms with E-state index in [4.69, 9.17) is 5.73 Å². The molecule has 134 valence electrons. The highest BCUT2D eigenvalue weighted by molar-refractivity contribution is 5.85. The Morgan fingerprint density at radius 3 is 2.79 bits per heavy atom. The van der Waals surface area contributed by atoms with Gasteiger partial charge in [-0.2, -0.15) is 0 Å². The minimum atomic E-state index is -0.615. The first-order valence-corrected chi connectivity index (χ1v) is 8.07. The Hall–Kier alpha value is -1.79. The number of aryl methyl sites for hydroxylation is 1. The number of halogens is 1. The van der Waals surface area contributed by atoms with E-state index in [1.54, 1.807) is 0 Å². The van der Waals surface area contributed by atoms with E-state index < -0.39 is 12.1 Å². The van der Waals surface area contributed by atoms with Crippen molar-refractivity contribution in [3.05, 3.63) is 35.4 Å². The molecule has 7 heteroatoms. The fourth-order valence-electron chi connectivity index (χ4n) is 3.05. The normalized spacial score (nSPS) is 18.4. The largest absolute Gasteiger partial charge is 0.352 e. The van der Waals surface area contributed by atoms with Crippen molar-refractivity contribution in [2.24, 2.45) is 5.73 Å². The molecule has 1 aliphatic heterocycles. The van der Waals surface area contributed by atoms with Crippen molar-refractivity contribution in [3.8, 4) is 0 Å². The quantitative estimate of drug-likeness (QED) is 0.752. The number of nitrogens with zero attached hydrogens (tertiary/aromatic N) is 1. The fraction of sp³-hybridized carbons (Fsp3) is 0.529. The van der Waals surface area contributed by atoms with Crippen LogP contribution in [0.15, 0.2) is 24.3 Å². The Morgan fingerprint density at radius 2 is 2.17 bits per heavy atom. The molecule has 1 aromatic rings. The van der Waals surface area contributed by atoms with Crippen LogP contribution in [-0.4, -0.2) is 43.0 Å². The van der Waals surface area contributed by atoms with Gasteiger partial charge in [0.1, 0.15) is 0 Å². The molecule has 1 aliphatic rings. The highest BCUT2D eigenvalue weighted by Gasteiger charge is 2.25. The maximum atomic E-state index is 12.6. The topological polar surface area (TPSA) is 87.5 Å². The van der Waals surface area contributed by atoms with Crippen LogP contribution in [0.2, 0.25) is 0 Å². The second-order valence-electron chi connectivity index (χ2n) is 6.15. The first-order valence-electron chi connectivity index (χ1n) is 8.07. The van der Waals surface area contributed by atoms with Crippen LogP contribution >= 0.6 is 12.4 Å². The van der Waals surface area contributed by atoms with E-state index in [0.29, 0.717) is 12.6 Å². The Kier molecular flexibility index (Phi) is 8.01. The van der Waals surface area contributed by atoms with Crippen LogP contribution in [0.25, 0.3) is 0 Å². The number of likely N-dealkylation sites (N-methyl/N-ethyl adjacent to an activating group) is 1. The average molecular weight is 355 g/mol. The Labute approximate surface area is 149 Å². The third-order valence-electron chi connectivity index (χ3n) is 4.32. The smallest absolute Gasteiger partial charge is 0.312 e. The number of hydrogen-bond acceptors (Lipinski definition) is 3. The van der Waals surface area contributed by atoms with Crippen LogP contribution in [0, 0.1) is 6.92 Å². The lowest BCUT2D eigenvalue weighted by atomic mass is 9.99. The number of rotatable bonds is 5. The SMILES string of the molecule is CNC1CCCN(C(=O)CC(NC(N)=O)c2cccc(C)c2)C1.Cl. The number of carbonyl (C=O) groups excluding carboxylic acids is 2. The Balaban J connectivity index is 0.00000288. The molecule has 2 atom stereocenters. The van der Waals surface area contributed by atoms with Gasteiger partial charge in [0.15, 0.2) is 0 Å². The van der Waals surface area contributed by atoms with Crippen LogP contribution in [0.1, 0.15) is 36.4 Å². The number of piperidine rings is 1. The minimum absolute atomic E-state index is 0. The van der Waals surface area contributed by atoms with Crippen LogP contribution < -0.4 is 16.4 Å². The van der Waals surface area contributed by atoms with Crippen LogP contribution in [-0.2, 0) is 4.79 Å². The third kappa shape index (κ3) is 5.69. The van der Waals surface area contributed by atoms with Gasteiger partial charge in [-0.25, -0.2) is 4.79 Å². The van der Waals surface area contributed by atoms with Gasteiger partial charge in [-0.15, -0.1) is 12.4 Å². The molecular weight excluding hydrogens is 328 g/mol. The molecule has 4 N–H and O–H groups in total. The van der Waals surface area contributed by atoms with Crippen molar-refractivity contribution in [1.29, 1.82) is 0 Å². The van der Waals surface area contributed by atoms with Crippen molar-refractivity contribution >= 4 is 24.3 Å². The molecule has 0 aromatic heterocycles. The van der Waals surface area contributed by atoms with Gasteiger partial charge in [-0.3, -0.25) is 4.79 Å². The van der Waals surface area contributed by atoms with Crippen LogP contribution in [0.4, 0.5) is 4.79 Å². The number of likely N-dealkylation sites (tertiary alicyclic amines) is 1. The van der Waals surface area contributed by atoms with E-state index in [0.717, 1.165) is 30.5 Å². The maximum absolute atomic E-state index is 12.6. The molecule has 3 amide bonds. The monoisotopic (exact) mass is 354 g/mol. The average Bonchev–Trinajstić information content (AvgIpc) is 2.53. The first-order chi connectivity index (χ1) is 11.0. The van der Waals surface area contributed by atoms with E-state index in [9.17, 15) is 9.59 Å². The summed E-state index contributed by atoms with van der Waals surface area (Å²) < 4.78 is 0. The summed E-state index contributed by atoms with van der Waals surface area (Å²) in [4.78, 5) is 25.8. The number of amides is 3. The summed E-state index contributed by atoms with van der Waals surface area (Å²) in [5.41, 5.74) is 7.27. The van der Waals surface area contributed by atoms with E-state index in [-0.39, 0.29) is 24.7 Å². The summed E-state index contributed by atoms with van der Waals surface area (Å²) >= 11 is 0. The molecule has 1 saturated heterocycles. The van der Waals surface area contributed by atoms with Gasteiger partial charge in [-0.05, 0) is 32.4 Å². The van der Waals surface area contributed by atoms with Gasteiger partial charge >= 0.3 is 6.03 Å². The van der Waals surface area contributed by atoms with E-state index in [2.05, 4.69) is 10.6 Å².